The maximum atomic E-state index is 11.3. The molecule has 0 spiro atoms. The Morgan fingerprint density at radius 1 is 1.42 bits per heavy atom. The Labute approximate surface area is 123 Å². The third kappa shape index (κ3) is 4.87. The predicted octanol–water partition coefficient (Wildman–Crippen LogP) is 1.96. The van der Waals surface area contributed by atoms with Crippen LogP contribution in [0.5, 0.6) is 0 Å². The summed E-state index contributed by atoms with van der Waals surface area (Å²) < 4.78 is 26.4. The third-order valence-corrected chi connectivity index (χ3v) is 4.77. The van der Waals surface area contributed by atoms with E-state index in [1.807, 2.05) is 18.2 Å². The number of nitrogens with one attached hydrogen (secondary N) is 1. The van der Waals surface area contributed by atoms with Crippen molar-refractivity contribution in [2.45, 2.75) is 25.4 Å². The van der Waals surface area contributed by atoms with Crippen LogP contribution in [-0.4, -0.2) is 38.7 Å². The van der Waals surface area contributed by atoms with Crippen molar-refractivity contribution in [3.63, 3.8) is 0 Å². The molecule has 1 aromatic carbocycles. The summed E-state index contributed by atoms with van der Waals surface area (Å²) in [6.07, 6.45) is 3.16. The number of hydrogen-bond acceptors (Lipinski definition) is 3. The largest absolute Gasteiger partial charge is 0.297 e. The van der Waals surface area contributed by atoms with Crippen LogP contribution in [0, 0.1) is 0 Å². The Bertz CT molecular complexity index is 533. The van der Waals surface area contributed by atoms with E-state index >= 15 is 0 Å². The molecule has 2 rings (SSSR count). The molecule has 0 radical (unpaired) electrons. The Morgan fingerprint density at radius 3 is 2.84 bits per heavy atom. The van der Waals surface area contributed by atoms with Crippen LogP contribution in [0.25, 0.3) is 0 Å². The lowest BCUT2D eigenvalue weighted by molar-refractivity contribution is 0.194. The van der Waals surface area contributed by atoms with Gasteiger partial charge in [0.05, 0.1) is 6.26 Å². The molecule has 1 aromatic rings. The van der Waals surface area contributed by atoms with Crippen LogP contribution in [0.15, 0.2) is 28.7 Å². The number of benzene rings is 1. The molecule has 0 aliphatic carbocycles. The van der Waals surface area contributed by atoms with Gasteiger partial charge in [-0.05, 0) is 31.0 Å². The molecule has 4 nitrogen and oxygen atoms in total. The summed E-state index contributed by atoms with van der Waals surface area (Å²) in [5, 5.41) is 0. The summed E-state index contributed by atoms with van der Waals surface area (Å²) in [6, 6.07) is 8.18. The lowest BCUT2D eigenvalue weighted by Crippen LogP contribution is -2.47. The van der Waals surface area contributed by atoms with Crippen molar-refractivity contribution < 1.29 is 8.42 Å². The Kier molecular flexibility index (Phi) is 5.00. The minimum atomic E-state index is -3.11. The number of rotatable bonds is 4. The number of halogens is 1. The fourth-order valence-electron chi connectivity index (χ4n) is 2.47. The van der Waals surface area contributed by atoms with Crippen LogP contribution < -0.4 is 4.72 Å². The predicted molar refractivity (Wildman–Crippen MR) is 80.4 cm³/mol. The van der Waals surface area contributed by atoms with E-state index in [1.165, 1.54) is 11.8 Å². The van der Waals surface area contributed by atoms with Crippen molar-refractivity contribution in [1.82, 2.24) is 9.62 Å². The van der Waals surface area contributed by atoms with Crippen molar-refractivity contribution in [3.05, 3.63) is 34.3 Å². The Morgan fingerprint density at radius 2 is 2.16 bits per heavy atom. The molecule has 6 heteroatoms. The molecule has 19 heavy (non-hydrogen) atoms. The van der Waals surface area contributed by atoms with E-state index in [9.17, 15) is 8.42 Å². The van der Waals surface area contributed by atoms with E-state index in [0.717, 1.165) is 36.9 Å². The molecule has 0 aromatic heterocycles. The average molecular weight is 347 g/mol. The summed E-state index contributed by atoms with van der Waals surface area (Å²) in [5.41, 5.74) is 1.24. The fraction of sp³-hybridized carbons (Fsp3) is 0.538. The van der Waals surface area contributed by atoms with Gasteiger partial charge < -0.3 is 0 Å². The van der Waals surface area contributed by atoms with Gasteiger partial charge in [-0.15, -0.1) is 0 Å². The highest BCUT2D eigenvalue weighted by Crippen LogP contribution is 2.20. The van der Waals surface area contributed by atoms with E-state index in [2.05, 4.69) is 31.6 Å². The van der Waals surface area contributed by atoms with Crippen LogP contribution in [-0.2, 0) is 16.6 Å². The zero-order valence-corrected chi connectivity index (χ0v) is 13.4. The molecule has 1 aliphatic rings. The first-order valence-corrected chi connectivity index (χ1v) is 9.05. The minimum Gasteiger partial charge on any atom is -0.297 e. The van der Waals surface area contributed by atoms with Crippen molar-refractivity contribution in [3.8, 4) is 0 Å². The number of sulfonamides is 1. The summed E-state index contributed by atoms with van der Waals surface area (Å²) in [4.78, 5) is 2.30. The van der Waals surface area contributed by atoms with Crippen LogP contribution in [0.3, 0.4) is 0 Å². The second-order valence-corrected chi connectivity index (χ2v) is 7.69. The van der Waals surface area contributed by atoms with Gasteiger partial charge in [0.1, 0.15) is 0 Å². The van der Waals surface area contributed by atoms with Crippen LogP contribution >= 0.6 is 15.9 Å². The van der Waals surface area contributed by atoms with E-state index in [1.54, 1.807) is 0 Å². The molecule has 0 amide bonds. The first kappa shape index (κ1) is 15.0. The molecular formula is C13H19BrN2O2S. The summed E-state index contributed by atoms with van der Waals surface area (Å²) in [5.74, 6) is 0. The molecule has 1 aliphatic heterocycles. The molecule has 1 fully saturated rings. The van der Waals surface area contributed by atoms with Crippen molar-refractivity contribution in [1.29, 1.82) is 0 Å². The van der Waals surface area contributed by atoms with E-state index in [-0.39, 0.29) is 6.04 Å². The number of likely N-dealkylation sites (tertiary alicyclic amines) is 1. The highest BCUT2D eigenvalue weighted by Gasteiger charge is 2.22. The van der Waals surface area contributed by atoms with Gasteiger partial charge in [0.15, 0.2) is 0 Å². The van der Waals surface area contributed by atoms with Gasteiger partial charge in [0, 0.05) is 23.6 Å². The highest BCUT2D eigenvalue weighted by molar-refractivity contribution is 9.10. The number of hydrogen-bond donors (Lipinski definition) is 1. The molecule has 1 saturated heterocycles. The standard InChI is InChI=1S/C13H19BrN2O2S/c1-19(17,18)15-12-6-4-8-16(10-12)9-11-5-2-3-7-13(11)14/h2-3,5,7,12,15H,4,6,8-10H2,1H3. The van der Waals surface area contributed by atoms with E-state index < -0.39 is 10.0 Å². The lowest BCUT2D eigenvalue weighted by atomic mass is 10.1. The van der Waals surface area contributed by atoms with Gasteiger partial charge >= 0.3 is 0 Å². The zero-order chi connectivity index (χ0) is 13.9. The van der Waals surface area contributed by atoms with Gasteiger partial charge in [-0.3, -0.25) is 4.90 Å². The first-order valence-electron chi connectivity index (χ1n) is 6.37. The Balaban J connectivity index is 1.96. The van der Waals surface area contributed by atoms with Gasteiger partial charge in [-0.25, -0.2) is 13.1 Å². The smallest absolute Gasteiger partial charge is 0.208 e. The lowest BCUT2D eigenvalue weighted by Gasteiger charge is -2.32. The topological polar surface area (TPSA) is 49.4 Å². The molecular weight excluding hydrogens is 328 g/mol. The number of nitrogens with zero attached hydrogens (tertiary/aromatic N) is 1. The summed E-state index contributed by atoms with van der Waals surface area (Å²) >= 11 is 3.55. The first-order chi connectivity index (χ1) is 8.94. The van der Waals surface area contributed by atoms with Crippen molar-refractivity contribution in [2.24, 2.45) is 0 Å². The molecule has 1 N–H and O–H groups in total. The maximum absolute atomic E-state index is 11.3. The average Bonchev–Trinajstić information content (AvgIpc) is 2.30. The summed E-state index contributed by atoms with van der Waals surface area (Å²) in [7, 11) is -3.11. The maximum Gasteiger partial charge on any atom is 0.208 e. The summed E-state index contributed by atoms with van der Waals surface area (Å²) in [6.45, 7) is 2.64. The molecule has 1 heterocycles. The monoisotopic (exact) mass is 346 g/mol. The van der Waals surface area contributed by atoms with E-state index in [4.69, 9.17) is 0 Å². The molecule has 1 atom stereocenters. The number of piperidine rings is 1. The van der Waals surface area contributed by atoms with Crippen molar-refractivity contribution in [2.75, 3.05) is 19.3 Å². The highest BCUT2D eigenvalue weighted by atomic mass is 79.9. The SMILES string of the molecule is CS(=O)(=O)NC1CCCN(Cc2ccccc2Br)C1. The molecule has 106 valence electrons. The van der Waals surface area contributed by atoms with E-state index in [0.29, 0.717) is 0 Å². The van der Waals surface area contributed by atoms with Crippen LogP contribution in [0.1, 0.15) is 18.4 Å². The Hall–Kier alpha value is -0.430. The van der Waals surface area contributed by atoms with Crippen molar-refractivity contribution >= 4 is 26.0 Å². The third-order valence-electron chi connectivity index (χ3n) is 3.24. The molecule has 1 unspecified atom stereocenters. The van der Waals surface area contributed by atoms with Gasteiger partial charge in [-0.1, -0.05) is 34.1 Å². The molecule has 0 bridgehead atoms. The fourth-order valence-corrected chi connectivity index (χ4v) is 3.67. The normalized spacial score (nSPS) is 21.5. The second-order valence-electron chi connectivity index (χ2n) is 5.06. The zero-order valence-electron chi connectivity index (χ0n) is 11.0. The molecule has 0 saturated carbocycles. The quantitative estimate of drug-likeness (QED) is 0.906. The van der Waals surface area contributed by atoms with Crippen LogP contribution in [0.2, 0.25) is 0 Å². The second kappa shape index (κ2) is 6.35. The minimum absolute atomic E-state index is 0.0336. The van der Waals surface area contributed by atoms with Gasteiger partial charge in [0.2, 0.25) is 10.0 Å². The van der Waals surface area contributed by atoms with Crippen LogP contribution in [0.4, 0.5) is 0 Å². The van der Waals surface area contributed by atoms with Gasteiger partial charge in [-0.2, -0.15) is 0 Å². The van der Waals surface area contributed by atoms with Gasteiger partial charge in [0.25, 0.3) is 0 Å².